The molecule has 2 heterocycles. The van der Waals surface area contributed by atoms with Crippen molar-refractivity contribution < 1.29 is 9.59 Å². The van der Waals surface area contributed by atoms with E-state index in [1.807, 2.05) is 6.07 Å². The zero-order valence-corrected chi connectivity index (χ0v) is 9.25. The number of rotatable bonds is 2. The van der Waals surface area contributed by atoms with Crippen LogP contribution in [0.1, 0.15) is 11.3 Å². The Morgan fingerprint density at radius 3 is 2.88 bits per heavy atom. The molecule has 1 aliphatic heterocycles. The summed E-state index contributed by atoms with van der Waals surface area (Å²) in [5.41, 5.74) is 0.989. The minimum atomic E-state index is -0.315. The molecule has 1 aliphatic rings. The van der Waals surface area contributed by atoms with E-state index in [0.717, 1.165) is 4.90 Å². The number of aromatic nitrogens is 1. The summed E-state index contributed by atoms with van der Waals surface area (Å²) in [6.45, 7) is 0.286. The van der Waals surface area contributed by atoms with Crippen molar-refractivity contribution in [1.29, 1.82) is 5.26 Å². The Hall–Kier alpha value is -2.42. The summed E-state index contributed by atoms with van der Waals surface area (Å²) in [5.74, 6) is -0.229. The van der Waals surface area contributed by atoms with Gasteiger partial charge in [0, 0.05) is 13.2 Å². The van der Waals surface area contributed by atoms with Crippen molar-refractivity contribution >= 4 is 11.9 Å². The lowest BCUT2D eigenvalue weighted by Gasteiger charge is -2.13. The van der Waals surface area contributed by atoms with Crippen molar-refractivity contribution in [1.82, 2.24) is 14.8 Å². The van der Waals surface area contributed by atoms with Gasteiger partial charge in [0.2, 0.25) is 0 Å². The highest BCUT2D eigenvalue weighted by atomic mass is 16.2. The van der Waals surface area contributed by atoms with Gasteiger partial charge in [0.1, 0.15) is 18.3 Å². The number of pyridine rings is 1. The molecule has 2 rings (SSSR count). The van der Waals surface area contributed by atoms with E-state index in [9.17, 15) is 9.59 Å². The van der Waals surface area contributed by atoms with Gasteiger partial charge < -0.3 is 4.90 Å². The summed E-state index contributed by atoms with van der Waals surface area (Å²) in [4.78, 5) is 29.5. The molecule has 1 fully saturated rings. The second-order valence-electron chi connectivity index (χ2n) is 3.78. The fourth-order valence-electron chi connectivity index (χ4n) is 1.64. The minimum Gasteiger partial charge on any atom is -0.318 e. The predicted octanol–water partition coefficient (Wildman–Crippen LogP) is 0.347. The smallest absolute Gasteiger partial charge is 0.318 e. The lowest BCUT2D eigenvalue weighted by Crippen LogP contribution is -2.31. The number of hydrogen-bond donors (Lipinski definition) is 0. The average Bonchev–Trinajstić information content (AvgIpc) is 2.56. The largest absolute Gasteiger partial charge is 0.327 e. The van der Waals surface area contributed by atoms with E-state index in [0.29, 0.717) is 5.56 Å². The average molecular weight is 230 g/mol. The molecular formula is C11H10N4O2. The van der Waals surface area contributed by atoms with Crippen molar-refractivity contribution in [2.24, 2.45) is 0 Å². The predicted molar refractivity (Wildman–Crippen MR) is 57.5 cm³/mol. The number of likely N-dealkylation sites (N-methyl/N-ethyl adjacent to an activating group) is 1. The lowest BCUT2D eigenvalue weighted by molar-refractivity contribution is -0.125. The van der Waals surface area contributed by atoms with Crippen LogP contribution in [0.4, 0.5) is 4.79 Å². The Labute approximate surface area is 98.1 Å². The van der Waals surface area contributed by atoms with Gasteiger partial charge in [-0.1, -0.05) is 0 Å². The number of nitrogens with zero attached hydrogens (tertiary/aromatic N) is 4. The highest BCUT2D eigenvalue weighted by molar-refractivity contribution is 6.01. The topological polar surface area (TPSA) is 77.3 Å². The van der Waals surface area contributed by atoms with Crippen molar-refractivity contribution in [2.45, 2.75) is 6.54 Å². The first kappa shape index (κ1) is 11.1. The Balaban J connectivity index is 2.19. The molecule has 6 nitrogen and oxygen atoms in total. The van der Waals surface area contributed by atoms with Gasteiger partial charge in [-0.05, 0) is 17.7 Å². The minimum absolute atomic E-state index is 0.106. The summed E-state index contributed by atoms with van der Waals surface area (Å²) in [7, 11) is 1.58. The molecule has 0 spiro atoms. The van der Waals surface area contributed by atoms with E-state index >= 15 is 0 Å². The van der Waals surface area contributed by atoms with Crippen LogP contribution >= 0.6 is 0 Å². The summed E-state index contributed by atoms with van der Waals surface area (Å²) >= 11 is 0. The van der Waals surface area contributed by atoms with E-state index in [1.165, 1.54) is 11.1 Å². The van der Waals surface area contributed by atoms with E-state index in [4.69, 9.17) is 5.26 Å². The third-order valence-corrected chi connectivity index (χ3v) is 2.51. The van der Waals surface area contributed by atoms with Crippen LogP contribution in [0.15, 0.2) is 18.3 Å². The van der Waals surface area contributed by atoms with Gasteiger partial charge in [-0.2, -0.15) is 5.26 Å². The quantitative estimate of drug-likeness (QED) is 0.687. The number of hydrogen-bond acceptors (Lipinski definition) is 4. The number of imide groups is 1. The molecule has 0 aliphatic carbocycles. The SMILES string of the molecule is CN1CC(=O)N(Cc2ccnc(C#N)c2)C1=O. The van der Waals surface area contributed by atoms with Gasteiger partial charge in [-0.3, -0.25) is 9.69 Å². The van der Waals surface area contributed by atoms with Crippen LogP contribution in [0.5, 0.6) is 0 Å². The Bertz CT molecular complexity index is 520. The van der Waals surface area contributed by atoms with Gasteiger partial charge in [0.15, 0.2) is 0 Å². The van der Waals surface area contributed by atoms with E-state index in [-0.39, 0.29) is 30.7 Å². The van der Waals surface area contributed by atoms with Gasteiger partial charge in [-0.15, -0.1) is 0 Å². The molecule has 1 aromatic heterocycles. The monoisotopic (exact) mass is 230 g/mol. The van der Waals surface area contributed by atoms with Crippen molar-refractivity contribution in [2.75, 3.05) is 13.6 Å². The van der Waals surface area contributed by atoms with E-state index < -0.39 is 0 Å². The Morgan fingerprint density at radius 1 is 1.53 bits per heavy atom. The van der Waals surface area contributed by atoms with Crippen molar-refractivity contribution in [3.63, 3.8) is 0 Å². The number of nitriles is 1. The molecule has 86 valence electrons. The van der Waals surface area contributed by atoms with Crippen molar-refractivity contribution in [3.05, 3.63) is 29.6 Å². The highest BCUT2D eigenvalue weighted by Gasteiger charge is 2.33. The number of amides is 3. The molecule has 3 amide bonds. The van der Waals surface area contributed by atoms with Gasteiger partial charge in [0.05, 0.1) is 6.54 Å². The first-order chi connectivity index (χ1) is 8.11. The Morgan fingerprint density at radius 2 is 2.29 bits per heavy atom. The van der Waals surface area contributed by atoms with Crippen LogP contribution in [0.2, 0.25) is 0 Å². The van der Waals surface area contributed by atoms with E-state index in [2.05, 4.69) is 4.98 Å². The van der Waals surface area contributed by atoms with Gasteiger partial charge in [0.25, 0.3) is 5.91 Å². The molecule has 1 saturated heterocycles. The summed E-state index contributed by atoms with van der Waals surface area (Å²) < 4.78 is 0. The fraction of sp³-hybridized carbons (Fsp3) is 0.273. The van der Waals surface area contributed by atoms with Crippen molar-refractivity contribution in [3.8, 4) is 6.07 Å². The fourth-order valence-corrected chi connectivity index (χ4v) is 1.64. The van der Waals surface area contributed by atoms with Gasteiger partial charge in [-0.25, -0.2) is 9.78 Å². The van der Waals surface area contributed by atoms with Crippen LogP contribution in [0.25, 0.3) is 0 Å². The standard InChI is InChI=1S/C11H10N4O2/c1-14-7-10(16)15(11(14)17)6-8-2-3-13-9(4-8)5-12/h2-4H,6-7H2,1H3. The van der Waals surface area contributed by atoms with Crippen LogP contribution in [0, 0.1) is 11.3 Å². The number of urea groups is 1. The first-order valence-electron chi connectivity index (χ1n) is 5.02. The third-order valence-electron chi connectivity index (χ3n) is 2.51. The summed E-state index contributed by atoms with van der Waals surface area (Å²) in [6, 6.07) is 4.85. The van der Waals surface area contributed by atoms with Gasteiger partial charge >= 0.3 is 6.03 Å². The number of carbonyl (C=O) groups is 2. The molecule has 6 heteroatoms. The van der Waals surface area contributed by atoms with Crippen LogP contribution in [-0.2, 0) is 11.3 Å². The maximum atomic E-state index is 11.6. The maximum absolute atomic E-state index is 11.6. The molecule has 0 N–H and O–H groups in total. The highest BCUT2D eigenvalue weighted by Crippen LogP contribution is 2.13. The molecule has 17 heavy (non-hydrogen) atoms. The molecule has 0 bridgehead atoms. The first-order valence-corrected chi connectivity index (χ1v) is 5.02. The molecule has 0 radical (unpaired) electrons. The van der Waals surface area contributed by atoms with Crippen LogP contribution in [0.3, 0.4) is 0 Å². The molecule has 0 unspecified atom stereocenters. The zero-order valence-electron chi connectivity index (χ0n) is 9.25. The molecule has 0 atom stereocenters. The Kier molecular flexibility index (Phi) is 2.75. The lowest BCUT2D eigenvalue weighted by atomic mass is 10.2. The summed E-state index contributed by atoms with van der Waals surface area (Å²) in [6.07, 6.45) is 1.49. The second-order valence-corrected chi connectivity index (χ2v) is 3.78. The normalized spacial score (nSPS) is 15.3. The van der Waals surface area contributed by atoms with E-state index in [1.54, 1.807) is 19.2 Å². The molecular weight excluding hydrogens is 220 g/mol. The molecule has 0 aromatic carbocycles. The zero-order chi connectivity index (χ0) is 12.4. The van der Waals surface area contributed by atoms with Crippen LogP contribution in [-0.4, -0.2) is 40.3 Å². The second kappa shape index (κ2) is 4.22. The van der Waals surface area contributed by atoms with Crippen LogP contribution < -0.4 is 0 Å². The molecule has 1 aromatic rings. The maximum Gasteiger partial charge on any atom is 0.327 e. The third kappa shape index (κ3) is 2.08. The summed E-state index contributed by atoms with van der Waals surface area (Å²) in [5, 5.41) is 8.70. The molecule has 0 saturated carbocycles. The number of carbonyl (C=O) groups excluding carboxylic acids is 2.